The minimum Gasteiger partial charge on any atom is -0.508 e. The second-order valence-corrected chi connectivity index (χ2v) is 16.8. The Bertz CT molecular complexity index is 2220. The monoisotopic (exact) mass is 945 g/mol. The van der Waals surface area contributed by atoms with Crippen molar-refractivity contribution in [3.8, 4) is 5.75 Å². The van der Waals surface area contributed by atoms with Gasteiger partial charge in [-0.05, 0) is 61.9 Å². The number of phenolic OH excluding ortho intramolecular Hbond substituents is 1. The zero-order valence-corrected chi connectivity index (χ0v) is 38.3. The molecule has 2 heterocycles. The molecule has 0 spiro atoms. The second kappa shape index (κ2) is 26.0. The molecule has 1 fully saturated rings. The summed E-state index contributed by atoms with van der Waals surface area (Å²) in [6, 6.07) is 6.02. The molecule has 1 aliphatic rings. The Hall–Kier alpha value is -7.56. The largest absolute Gasteiger partial charge is 0.508 e. The Labute approximate surface area is 393 Å². The molecule has 15 N–H and O–H groups in total. The maximum Gasteiger partial charge on any atom is 0.305 e. The predicted octanol–water partition coefficient (Wildman–Crippen LogP) is -2.18. The van der Waals surface area contributed by atoms with E-state index >= 15 is 0 Å². The van der Waals surface area contributed by atoms with Crippen LogP contribution in [0.1, 0.15) is 62.8 Å². The lowest BCUT2D eigenvalue weighted by atomic mass is 9.99. The van der Waals surface area contributed by atoms with Gasteiger partial charge in [0, 0.05) is 44.2 Å². The van der Waals surface area contributed by atoms with E-state index in [4.69, 9.17) is 17.2 Å². The van der Waals surface area contributed by atoms with Gasteiger partial charge in [0.2, 0.25) is 41.4 Å². The molecule has 0 radical (unpaired) electrons. The van der Waals surface area contributed by atoms with Gasteiger partial charge in [-0.25, -0.2) is 4.98 Å². The first-order chi connectivity index (χ1) is 32.4. The number of guanidine groups is 1. The number of nitrogens with zero attached hydrogens (tertiary/aromatic N) is 3. The zero-order valence-electron chi connectivity index (χ0n) is 38.3. The van der Waals surface area contributed by atoms with Crippen molar-refractivity contribution in [2.24, 2.45) is 28.1 Å². The fourth-order valence-electron chi connectivity index (χ4n) is 7.62. The van der Waals surface area contributed by atoms with Crippen molar-refractivity contribution in [1.82, 2.24) is 46.8 Å². The highest BCUT2D eigenvalue weighted by atomic mass is 16.4. The molecule has 7 amide bonds. The highest BCUT2D eigenvalue weighted by Gasteiger charge is 2.39. The molecule has 0 aliphatic carbocycles. The zero-order chi connectivity index (χ0) is 49.9. The summed E-state index contributed by atoms with van der Waals surface area (Å²) in [4.78, 5) is 120. The van der Waals surface area contributed by atoms with Gasteiger partial charge in [0.15, 0.2) is 5.96 Å². The summed E-state index contributed by atoms with van der Waals surface area (Å²) in [5.74, 6) is -7.31. The normalized spacial score (nSPS) is 15.9. The van der Waals surface area contributed by atoms with E-state index in [1.807, 2.05) is 0 Å². The number of primary amides is 1. The van der Waals surface area contributed by atoms with Crippen LogP contribution in [0.5, 0.6) is 5.75 Å². The summed E-state index contributed by atoms with van der Waals surface area (Å²) >= 11 is 0. The molecule has 4 rings (SSSR count). The number of aromatic nitrogens is 2. The van der Waals surface area contributed by atoms with Gasteiger partial charge in [-0.3, -0.25) is 43.3 Å². The summed E-state index contributed by atoms with van der Waals surface area (Å²) in [5, 5.41) is 35.4. The number of imidazole rings is 1. The van der Waals surface area contributed by atoms with Crippen molar-refractivity contribution in [2.75, 3.05) is 20.1 Å². The van der Waals surface area contributed by atoms with E-state index in [2.05, 4.69) is 46.9 Å². The fraction of sp³-hybridized carbons (Fsp3) is 0.467. The number of carboxylic acids is 1. The number of likely N-dealkylation sites (tertiary alicyclic amines) is 1. The van der Waals surface area contributed by atoms with E-state index in [1.165, 1.54) is 36.6 Å². The first kappa shape index (κ1) is 53.1. The van der Waals surface area contributed by atoms with Gasteiger partial charge in [0.1, 0.15) is 42.0 Å². The van der Waals surface area contributed by atoms with Crippen LogP contribution in [0.3, 0.4) is 0 Å². The number of amides is 7. The van der Waals surface area contributed by atoms with Crippen LogP contribution >= 0.6 is 0 Å². The first-order valence-electron chi connectivity index (χ1n) is 22.2. The number of aliphatic carboxylic acids is 1. The summed E-state index contributed by atoms with van der Waals surface area (Å²) < 4.78 is 0. The summed E-state index contributed by atoms with van der Waals surface area (Å²) in [5.41, 5.74) is 18.2. The topological polar surface area (TPSA) is 372 Å². The number of aromatic hydroxyl groups is 1. The van der Waals surface area contributed by atoms with Crippen molar-refractivity contribution in [1.29, 1.82) is 0 Å². The van der Waals surface area contributed by atoms with Crippen LogP contribution in [0, 0.1) is 5.92 Å². The van der Waals surface area contributed by atoms with Gasteiger partial charge in [0.05, 0.1) is 18.8 Å². The number of aliphatic imine (C=N–C) groups is 1. The lowest BCUT2D eigenvalue weighted by molar-refractivity contribution is -0.141. The lowest BCUT2D eigenvalue weighted by Gasteiger charge is -2.30. The van der Waals surface area contributed by atoms with Crippen molar-refractivity contribution >= 4 is 53.3 Å². The van der Waals surface area contributed by atoms with Crippen LogP contribution in [0.2, 0.25) is 0 Å². The number of nitrogens with one attached hydrogen (secondary N) is 7. The minimum atomic E-state index is -1.40. The van der Waals surface area contributed by atoms with Gasteiger partial charge in [-0.15, -0.1) is 0 Å². The van der Waals surface area contributed by atoms with Crippen LogP contribution in [-0.2, 0) is 57.6 Å². The standard InChI is InChI=1S/C45H63N13O10/c1-25(2)37(57-39(63)30(11-7-17-51-45(47)48)53-40(64)31(49-3)22-36(60)61)43(67)55-33(20-27-13-15-29(59)16-14-27)41(65)54-32(19-26-9-5-4-6-10-26)42(66)56-34(21-28-23-50-24-52-28)44(68)58-18-8-12-35(58)38(46)62/h4-6,9-10,13-16,23-25,30-35,37,49,59H,7-8,11-12,17-22H2,1-3H3,(H2,46,62)(H,50,52)(H,53,64)(H,54,65)(H,55,67)(H,56,66)(H,57,63)(H,60,61)(H4,47,48,51)/t30-,31-,32-,33-,34-,35-,37-/m0/s1. The van der Waals surface area contributed by atoms with Crippen LogP contribution < -0.4 is 49.1 Å². The Kier molecular flexibility index (Phi) is 20.3. The van der Waals surface area contributed by atoms with Gasteiger partial charge < -0.3 is 69.2 Å². The van der Waals surface area contributed by atoms with E-state index in [0.717, 1.165) is 0 Å². The number of likely N-dealkylation sites (N-methyl/N-ethyl adjacent to an activating group) is 1. The first-order valence-corrected chi connectivity index (χ1v) is 22.2. The highest BCUT2D eigenvalue weighted by Crippen LogP contribution is 2.20. The number of aromatic amines is 1. The molecule has 2 aromatic carbocycles. The van der Waals surface area contributed by atoms with Crippen molar-refractivity contribution in [2.45, 2.75) is 108 Å². The summed E-state index contributed by atoms with van der Waals surface area (Å²) in [6.07, 6.45) is 3.13. The molecule has 1 aromatic heterocycles. The lowest BCUT2D eigenvalue weighted by Crippen LogP contribution is -2.61. The molecule has 23 heteroatoms. The molecule has 3 aromatic rings. The van der Waals surface area contributed by atoms with E-state index in [9.17, 15) is 48.6 Å². The van der Waals surface area contributed by atoms with Crippen LogP contribution in [0.25, 0.3) is 0 Å². The third-order valence-electron chi connectivity index (χ3n) is 11.3. The quantitative estimate of drug-likeness (QED) is 0.0231. The molecule has 368 valence electrons. The number of phenols is 1. The van der Waals surface area contributed by atoms with Crippen LogP contribution in [-0.4, -0.2) is 141 Å². The second-order valence-electron chi connectivity index (χ2n) is 16.8. The summed E-state index contributed by atoms with van der Waals surface area (Å²) in [6.45, 7) is 3.61. The van der Waals surface area contributed by atoms with Crippen LogP contribution in [0.15, 0.2) is 72.1 Å². The molecule has 68 heavy (non-hydrogen) atoms. The number of rotatable bonds is 26. The molecule has 0 bridgehead atoms. The number of carbonyl (C=O) groups is 8. The van der Waals surface area contributed by atoms with E-state index in [-0.39, 0.29) is 56.9 Å². The SMILES string of the molecule is CN[C@@H](CC(=O)O)C(=O)N[C@@H](CCCN=C(N)N)C(=O)N[C@H](C(=O)N[C@@H](Cc1ccc(O)cc1)C(=O)N[C@@H](Cc1ccccc1)C(=O)N[C@@H](Cc1cnc[nH]1)C(=O)N1CCC[C@H]1C(N)=O)C(C)C. The van der Waals surface area contributed by atoms with Gasteiger partial charge in [0.25, 0.3) is 0 Å². The van der Waals surface area contributed by atoms with Crippen LogP contribution in [0.4, 0.5) is 0 Å². The summed E-state index contributed by atoms with van der Waals surface area (Å²) in [7, 11) is 1.39. The van der Waals surface area contributed by atoms with E-state index in [1.54, 1.807) is 56.3 Å². The smallest absolute Gasteiger partial charge is 0.305 e. The molecular formula is C45H63N13O10. The van der Waals surface area contributed by atoms with E-state index in [0.29, 0.717) is 29.7 Å². The Balaban J connectivity index is 1.63. The molecule has 0 saturated carbocycles. The number of hydrogen-bond donors (Lipinski definition) is 12. The number of nitrogens with two attached hydrogens (primary N) is 3. The number of hydrogen-bond acceptors (Lipinski definition) is 12. The Morgan fingerprint density at radius 2 is 1.34 bits per heavy atom. The van der Waals surface area contributed by atoms with Crippen molar-refractivity contribution < 1.29 is 48.6 Å². The average molecular weight is 946 g/mol. The molecule has 1 saturated heterocycles. The van der Waals surface area contributed by atoms with Gasteiger partial charge >= 0.3 is 5.97 Å². The number of carbonyl (C=O) groups excluding carboxylic acids is 7. The molecule has 0 unspecified atom stereocenters. The molecule has 7 atom stereocenters. The number of H-pyrrole nitrogens is 1. The Morgan fingerprint density at radius 1 is 0.765 bits per heavy atom. The van der Waals surface area contributed by atoms with Crippen molar-refractivity contribution in [3.63, 3.8) is 0 Å². The average Bonchev–Trinajstić information content (AvgIpc) is 4.01. The Morgan fingerprint density at radius 3 is 1.90 bits per heavy atom. The number of carboxylic acid groups (broad SMARTS) is 1. The third-order valence-corrected chi connectivity index (χ3v) is 11.3. The minimum absolute atomic E-state index is 0.0147. The highest BCUT2D eigenvalue weighted by molar-refractivity contribution is 5.98. The van der Waals surface area contributed by atoms with Crippen molar-refractivity contribution in [3.05, 3.63) is 83.9 Å². The maximum atomic E-state index is 14.6. The maximum absolute atomic E-state index is 14.6. The fourth-order valence-corrected chi connectivity index (χ4v) is 7.62. The van der Waals surface area contributed by atoms with Gasteiger partial charge in [-0.2, -0.15) is 0 Å². The predicted molar refractivity (Wildman–Crippen MR) is 248 cm³/mol. The van der Waals surface area contributed by atoms with E-state index < -0.39 is 102 Å². The number of benzene rings is 2. The molecular weight excluding hydrogens is 883 g/mol. The molecule has 23 nitrogen and oxygen atoms in total. The van der Waals surface area contributed by atoms with Gasteiger partial charge in [-0.1, -0.05) is 56.3 Å². The molecule has 1 aliphatic heterocycles. The third kappa shape index (κ3) is 16.4.